The van der Waals surface area contributed by atoms with E-state index in [2.05, 4.69) is 13.8 Å². The van der Waals surface area contributed by atoms with Crippen molar-refractivity contribution in [2.45, 2.75) is 31.5 Å². The van der Waals surface area contributed by atoms with Gasteiger partial charge in [-0.15, -0.1) is 0 Å². The second kappa shape index (κ2) is 4.32. The highest BCUT2D eigenvalue weighted by Crippen LogP contribution is 2.58. The van der Waals surface area contributed by atoms with Gasteiger partial charge in [0.05, 0.1) is 13.0 Å². The van der Waals surface area contributed by atoms with Gasteiger partial charge in [0, 0.05) is 17.2 Å². The van der Waals surface area contributed by atoms with E-state index in [4.69, 9.17) is 14.2 Å². The molecule has 0 radical (unpaired) electrons. The molecule has 0 unspecified atom stereocenters. The summed E-state index contributed by atoms with van der Waals surface area (Å²) in [5, 5.41) is 10.1. The second-order valence-electron chi connectivity index (χ2n) is 6.32. The third-order valence-corrected chi connectivity index (χ3v) is 4.55. The quantitative estimate of drug-likeness (QED) is 0.870. The summed E-state index contributed by atoms with van der Waals surface area (Å²) in [4.78, 5) is 0. The lowest BCUT2D eigenvalue weighted by Crippen LogP contribution is -2.42. The number of ether oxygens (including phenoxy) is 3. The largest absolute Gasteiger partial charge is 0.504 e. The molecule has 0 saturated heterocycles. The molecule has 2 aromatic carbocycles. The molecule has 0 aromatic heterocycles. The van der Waals surface area contributed by atoms with Gasteiger partial charge in [-0.05, 0) is 26.0 Å². The van der Waals surface area contributed by atoms with Crippen LogP contribution in [0.5, 0.6) is 23.0 Å². The monoisotopic (exact) mass is 298 g/mol. The van der Waals surface area contributed by atoms with Crippen molar-refractivity contribution in [3.63, 3.8) is 0 Å². The zero-order valence-electron chi connectivity index (χ0n) is 12.8. The van der Waals surface area contributed by atoms with Gasteiger partial charge in [0.1, 0.15) is 23.2 Å². The van der Waals surface area contributed by atoms with Crippen LogP contribution < -0.4 is 14.2 Å². The lowest BCUT2D eigenvalue weighted by molar-refractivity contribution is 0.0130. The molecule has 0 bridgehead atoms. The number of methoxy groups -OCH3 is 1. The Balaban J connectivity index is 1.90. The lowest BCUT2D eigenvalue weighted by atomic mass is 9.77. The first-order chi connectivity index (χ1) is 10.5. The zero-order valence-corrected chi connectivity index (χ0v) is 12.8. The van der Waals surface area contributed by atoms with Gasteiger partial charge in [-0.1, -0.05) is 18.2 Å². The Bertz CT molecular complexity index is 751. The van der Waals surface area contributed by atoms with Gasteiger partial charge in [0.25, 0.3) is 0 Å². The van der Waals surface area contributed by atoms with Crippen LogP contribution in [0.2, 0.25) is 0 Å². The summed E-state index contributed by atoms with van der Waals surface area (Å²) in [6, 6.07) is 11.4. The number of hydrogen-bond acceptors (Lipinski definition) is 4. The smallest absolute Gasteiger partial charge is 0.164 e. The average molecular weight is 298 g/mol. The van der Waals surface area contributed by atoms with E-state index in [1.165, 1.54) is 7.11 Å². The number of fused-ring (bicyclic) bond motifs is 5. The summed E-state index contributed by atoms with van der Waals surface area (Å²) in [6.07, 6.45) is -0.110. The van der Waals surface area contributed by atoms with E-state index >= 15 is 0 Å². The molecule has 0 spiro atoms. The molecule has 4 heteroatoms. The minimum Gasteiger partial charge on any atom is -0.504 e. The van der Waals surface area contributed by atoms with Crippen molar-refractivity contribution in [3.05, 3.63) is 47.5 Å². The standard InChI is InChI=1S/C18H18O4/c1-18(2)16-11-8-12(19)15(20-3)9-14(11)21-17(16)10-6-4-5-7-13(10)22-18/h4-9,16-17,19H,1-3H3/t16-,17-/m1/s1. The second-order valence-corrected chi connectivity index (χ2v) is 6.32. The predicted octanol–water partition coefficient (Wildman–Crippen LogP) is 3.79. The zero-order chi connectivity index (χ0) is 15.5. The summed E-state index contributed by atoms with van der Waals surface area (Å²) < 4.78 is 17.6. The fourth-order valence-electron chi connectivity index (χ4n) is 3.58. The molecule has 0 aliphatic carbocycles. The van der Waals surface area contributed by atoms with Crippen molar-refractivity contribution >= 4 is 0 Å². The number of hydrogen-bond donors (Lipinski definition) is 1. The van der Waals surface area contributed by atoms with Crippen LogP contribution in [0, 0.1) is 0 Å². The van der Waals surface area contributed by atoms with Crippen LogP contribution in [0.15, 0.2) is 36.4 Å². The number of rotatable bonds is 1. The summed E-state index contributed by atoms with van der Waals surface area (Å²) in [6.45, 7) is 4.11. The van der Waals surface area contributed by atoms with E-state index in [9.17, 15) is 5.11 Å². The van der Waals surface area contributed by atoms with Crippen molar-refractivity contribution in [1.29, 1.82) is 0 Å². The van der Waals surface area contributed by atoms with E-state index in [-0.39, 0.29) is 17.8 Å². The summed E-state index contributed by atoms with van der Waals surface area (Å²) >= 11 is 0. The Kier molecular flexibility index (Phi) is 2.61. The molecule has 1 N–H and O–H groups in total. The number of phenolic OH excluding ortho intramolecular Hbond substituents is 1. The van der Waals surface area contributed by atoms with Crippen LogP contribution in [-0.4, -0.2) is 17.8 Å². The van der Waals surface area contributed by atoms with Gasteiger partial charge in [-0.2, -0.15) is 0 Å². The topological polar surface area (TPSA) is 47.9 Å². The van der Waals surface area contributed by atoms with Gasteiger partial charge >= 0.3 is 0 Å². The van der Waals surface area contributed by atoms with E-state index in [0.717, 1.165) is 22.6 Å². The molecule has 114 valence electrons. The molecule has 2 aromatic rings. The minimum atomic E-state index is -0.425. The predicted molar refractivity (Wildman–Crippen MR) is 81.9 cm³/mol. The van der Waals surface area contributed by atoms with Crippen LogP contribution in [0.25, 0.3) is 0 Å². The van der Waals surface area contributed by atoms with Crippen molar-refractivity contribution in [1.82, 2.24) is 0 Å². The third-order valence-electron chi connectivity index (χ3n) is 4.55. The Morgan fingerprint density at radius 3 is 2.64 bits per heavy atom. The first-order valence-corrected chi connectivity index (χ1v) is 7.37. The maximum absolute atomic E-state index is 10.1. The number of benzene rings is 2. The first-order valence-electron chi connectivity index (χ1n) is 7.37. The molecule has 22 heavy (non-hydrogen) atoms. The van der Waals surface area contributed by atoms with Crippen molar-refractivity contribution < 1.29 is 19.3 Å². The van der Waals surface area contributed by atoms with Crippen LogP contribution in [0.1, 0.15) is 37.0 Å². The van der Waals surface area contributed by atoms with Gasteiger partial charge < -0.3 is 19.3 Å². The Labute approximate surface area is 129 Å². The molecule has 4 rings (SSSR count). The Morgan fingerprint density at radius 2 is 1.86 bits per heavy atom. The fourth-order valence-corrected chi connectivity index (χ4v) is 3.58. The number of phenols is 1. The Morgan fingerprint density at radius 1 is 1.09 bits per heavy atom. The molecule has 0 saturated carbocycles. The summed E-state index contributed by atoms with van der Waals surface area (Å²) in [5.41, 5.74) is 1.58. The van der Waals surface area contributed by atoms with Crippen LogP contribution in [-0.2, 0) is 0 Å². The maximum Gasteiger partial charge on any atom is 0.164 e. The first kappa shape index (κ1) is 13.3. The lowest BCUT2D eigenvalue weighted by Gasteiger charge is -2.40. The molecular formula is C18H18O4. The molecule has 0 fully saturated rings. The molecule has 2 aliphatic rings. The van der Waals surface area contributed by atoms with Crippen LogP contribution in [0.3, 0.4) is 0 Å². The van der Waals surface area contributed by atoms with Crippen LogP contribution >= 0.6 is 0 Å². The minimum absolute atomic E-state index is 0.0224. The van der Waals surface area contributed by atoms with Gasteiger partial charge in [0.15, 0.2) is 11.5 Å². The number of aromatic hydroxyl groups is 1. The van der Waals surface area contributed by atoms with E-state index in [1.54, 1.807) is 12.1 Å². The van der Waals surface area contributed by atoms with E-state index in [0.29, 0.717) is 5.75 Å². The van der Waals surface area contributed by atoms with E-state index in [1.807, 2.05) is 24.3 Å². The molecule has 0 amide bonds. The normalized spacial score (nSPS) is 23.6. The Hall–Kier alpha value is -2.36. The third kappa shape index (κ3) is 1.70. The summed E-state index contributed by atoms with van der Waals surface area (Å²) in [5.74, 6) is 2.18. The molecular weight excluding hydrogens is 280 g/mol. The van der Waals surface area contributed by atoms with Crippen LogP contribution in [0.4, 0.5) is 0 Å². The van der Waals surface area contributed by atoms with Crippen molar-refractivity contribution in [3.8, 4) is 23.0 Å². The fraction of sp³-hybridized carbons (Fsp3) is 0.333. The number of para-hydroxylation sites is 1. The van der Waals surface area contributed by atoms with E-state index < -0.39 is 5.60 Å². The molecule has 2 atom stereocenters. The van der Waals surface area contributed by atoms with Crippen molar-refractivity contribution in [2.24, 2.45) is 0 Å². The highest BCUT2D eigenvalue weighted by atomic mass is 16.5. The molecule has 4 nitrogen and oxygen atoms in total. The highest BCUT2D eigenvalue weighted by Gasteiger charge is 2.51. The molecule has 2 aliphatic heterocycles. The average Bonchev–Trinajstić information content (AvgIpc) is 2.85. The SMILES string of the molecule is COc1cc2c(cc1O)[C@@H]1[C@H](O2)c2ccccc2OC1(C)C. The maximum atomic E-state index is 10.1. The summed E-state index contributed by atoms with van der Waals surface area (Å²) in [7, 11) is 1.53. The molecule has 2 heterocycles. The highest BCUT2D eigenvalue weighted by molar-refractivity contribution is 5.57. The van der Waals surface area contributed by atoms with Gasteiger partial charge in [-0.3, -0.25) is 0 Å². The van der Waals surface area contributed by atoms with Gasteiger partial charge in [0.2, 0.25) is 0 Å². The van der Waals surface area contributed by atoms with Crippen molar-refractivity contribution in [2.75, 3.05) is 7.11 Å². The van der Waals surface area contributed by atoms with Gasteiger partial charge in [-0.25, -0.2) is 0 Å².